The van der Waals surface area contributed by atoms with Crippen molar-refractivity contribution < 1.29 is 12.6 Å². The van der Waals surface area contributed by atoms with Crippen molar-refractivity contribution in [3.63, 3.8) is 0 Å². The largest absolute Gasteiger partial charge is 0.403 e. The van der Waals surface area contributed by atoms with Crippen LogP contribution in [-0.2, 0) is 9.33 Å². The third-order valence-electron chi connectivity index (χ3n) is 0.571. The molecule has 1 rings (SSSR count). The Balaban J connectivity index is 2.75. The fraction of sp³-hybridized carbons (Fsp3) is 0. The molecule has 1 heterocycles. The van der Waals surface area contributed by atoms with Crippen LogP contribution in [0.15, 0.2) is 6.33 Å². The first-order valence-corrected chi connectivity index (χ1v) is 4.31. The summed E-state index contributed by atoms with van der Waals surface area (Å²) in [6.07, 6.45) is 1.09. The maximum absolute atomic E-state index is 10.2. The molecule has 1 N–H and O–H groups in total. The Bertz CT molecular complexity index is 292. The number of halogens is 1. The minimum atomic E-state index is -4.01. The second-order valence-corrected chi connectivity index (χ2v) is 3.35. The molecule has 1 aromatic rings. The fourth-order valence-electron chi connectivity index (χ4n) is 0.329. The average molecular weight is 184 g/mol. The highest BCUT2D eigenvalue weighted by Gasteiger charge is 2.08. The molecule has 0 aliphatic heterocycles. The van der Waals surface area contributed by atoms with Gasteiger partial charge in [0.1, 0.15) is 6.33 Å². The van der Waals surface area contributed by atoms with Gasteiger partial charge in [0.2, 0.25) is 0 Å². The number of aromatic nitrogens is 3. The first kappa shape index (κ1) is 7.29. The predicted octanol–water partition coefficient (Wildman–Crippen LogP) is -0.333. The molecule has 0 saturated carbocycles. The lowest BCUT2D eigenvalue weighted by molar-refractivity contribution is 0.481. The van der Waals surface area contributed by atoms with Crippen LogP contribution in [0.5, 0.6) is 6.01 Å². The standard InChI is InChI=1S/C2H2ClN3O3S/c3-10(7,8)9-2-4-1-5-6-2/h1H,(H,4,5,6). The Labute approximate surface area is 60.8 Å². The molecule has 0 unspecified atom stereocenters. The van der Waals surface area contributed by atoms with Crippen LogP contribution < -0.4 is 4.18 Å². The zero-order chi connectivity index (χ0) is 7.61. The number of hydrogen-bond donors (Lipinski definition) is 1. The molecular formula is C2H2ClN3O3S. The maximum atomic E-state index is 10.2. The highest BCUT2D eigenvalue weighted by molar-refractivity contribution is 8.10. The first-order valence-electron chi connectivity index (χ1n) is 2.07. The summed E-state index contributed by atoms with van der Waals surface area (Å²) in [6, 6.07) is -0.255. The molecule has 1 aromatic heterocycles. The molecule has 0 aliphatic rings. The Morgan fingerprint density at radius 3 is 2.80 bits per heavy atom. The molecule has 0 spiro atoms. The van der Waals surface area contributed by atoms with Crippen molar-refractivity contribution >= 4 is 20.0 Å². The molecule has 0 amide bonds. The smallest absolute Gasteiger partial charge is 0.332 e. The van der Waals surface area contributed by atoms with E-state index in [1.54, 1.807) is 0 Å². The SMILES string of the molecule is O=S(=O)(Cl)Oc1ncn[nH]1. The number of nitrogens with zero attached hydrogens (tertiary/aromatic N) is 2. The summed E-state index contributed by atoms with van der Waals surface area (Å²) >= 11 is 0. The van der Waals surface area contributed by atoms with Crippen LogP contribution in [0.4, 0.5) is 0 Å². The van der Waals surface area contributed by atoms with Crippen LogP contribution in [0, 0.1) is 0 Å². The molecule has 56 valence electrons. The quantitative estimate of drug-likeness (QED) is 0.635. The topological polar surface area (TPSA) is 84.9 Å². The maximum Gasteiger partial charge on any atom is 0.403 e. The molecule has 0 saturated heterocycles. The average Bonchev–Trinajstić information content (AvgIpc) is 2.12. The minimum Gasteiger partial charge on any atom is -0.332 e. The van der Waals surface area contributed by atoms with Gasteiger partial charge in [-0.1, -0.05) is 0 Å². The Morgan fingerprint density at radius 1 is 1.70 bits per heavy atom. The Hall–Kier alpha value is -0.820. The van der Waals surface area contributed by atoms with E-state index in [0.717, 1.165) is 6.33 Å². The van der Waals surface area contributed by atoms with Crippen molar-refractivity contribution in [2.45, 2.75) is 0 Å². The lowest BCUT2D eigenvalue weighted by Crippen LogP contribution is -2.00. The number of aromatic amines is 1. The summed E-state index contributed by atoms with van der Waals surface area (Å²) in [4.78, 5) is 3.35. The summed E-state index contributed by atoms with van der Waals surface area (Å²) in [5.41, 5.74) is 0. The van der Waals surface area contributed by atoms with E-state index in [-0.39, 0.29) is 6.01 Å². The van der Waals surface area contributed by atoms with Gasteiger partial charge in [-0.15, -0.1) is 0 Å². The number of rotatable bonds is 2. The molecule has 0 aliphatic carbocycles. The van der Waals surface area contributed by atoms with Gasteiger partial charge in [-0.05, 0) is 0 Å². The fourth-order valence-corrected chi connectivity index (χ4v) is 0.777. The Kier molecular flexibility index (Phi) is 1.77. The number of hydrogen-bond acceptors (Lipinski definition) is 5. The van der Waals surface area contributed by atoms with E-state index in [1.807, 2.05) is 0 Å². The summed E-state index contributed by atoms with van der Waals surface area (Å²) in [5, 5.41) is 5.47. The van der Waals surface area contributed by atoms with Crippen molar-refractivity contribution in [2.75, 3.05) is 0 Å². The minimum absolute atomic E-state index is 0.255. The lowest BCUT2D eigenvalue weighted by Gasteiger charge is -1.91. The predicted molar refractivity (Wildman–Crippen MR) is 31.8 cm³/mol. The van der Waals surface area contributed by atoms with Gasteiger partial charge in [-0.2, -0.15) is 18.5 Å². The number of H-pyrrole nitrogens is 1. The summed E-state index contributed by atoms with van der Waals surface area (Å²) < 4.78 is 24.4. The first-order chi connectivity index (χ1) is 4.58. The van der Waals surface area contributed by atoms with E-state index >= 15 is 0 Å². The zero-order valence-corrected chi connectivity index (χ0v) is 6.06. The molecule has 0 atom stereocenters. The monoisotopic (exact) mass is 183 g/mol. The van der Waals surface area contributed by atoms with Crippen LogP contribution in [0.3, 0.4) is 0 Å². The van der Waals surface area contributed by atoms with Gasteiger partial charge in [0.15, 0.2) is 0 Å². The summed E-state index contributed by atoms with van der Waals surface area (Å²) in [5.74, 6) is 0. The van der Waals surface area contributed by atoms with Gasteiger partial charge in [-0.3, -0.25) is 0 Å². The molecule has 0 aromatic carbocycles. The summed E-state index contributed by atoms with van der Waals surface area (Å²) in [7, 11) is 0.678. The Morgan fingerprint density at radius 2 is 2.40 bits per heavy atom. The zero-order valence-electron chi connectivity index (χ0n) is 4.48. The second-order valence-electron chi connectivity index (χ2n) is 1.27. The molecule has 10 heavy (non-hydrogen) atoms. The van der Waals surface area contributed by atoms with Crippen LogP contribution in [-0.4, -0.2) is 23.6 Å². The van der Waals surface area contributed by atoms with Crippen LogP contribution in [0.2, 0.25) is 0 Å². The van der Waals surface area contributed by atoms with E-state index in [4.69, 9.17) is 0 Å². The lowest BCUT2D eigenvalue weighted by atomic mass is 11.2. The van der Waals surface area contributed by atoms with E-state index in [0.29, 0.717) is 0 Å². The van der Waals surface area contributed by atoms with Gasteiger partial charge in [0.05, 0.1) is 10.7 Å². The van der Waals surface area contributed by atoms with Crippen molar-refractivity contribution in [3.8, 4) is 6.01 Å². The second kappa shape index (κ2) is 2.43. The third kappa shape index (κ3) is 2.19. The molecule has 8 heteroatoms. The van der Waals surface area contributed by atoms with E-state index in [1.165, 1.54) is 0 Å². The van der Waals surface area contributed by atoms with Crippen molar-refractivity contribution in [2.24, 2.45) is 0 Å². The molecular weight excluding hydrogens is 182 g/mol. The van der Waals surface area contributed by atoms with Gasteiger partial charge in [-0.25, -0.2) is 5.10 Å². The third-order valence-corrected chi connectivity index (χ3v) is 1.12. The van der Waals surface area contributed by atoms with Crippen molar-refractivity contribution in [3.05, 3.63) is 6.33 Å². The highest BCUT2D eigenvalue weighted by atomic mass is 35.7. The molecule has 0 fully saturated rings. The highest BCUT2D eigenvalue weighted by Crippen LogP contribution is 2.04. The van der Waals surface area contributed by atoms with Crippen LogP contribution in [0.1, 0.15) is 0 Å². The summed E-state index contributed by atoms with van der Waals surface area (Å²) in [6.45, 7) is 0. The normalized spacial score (nSPS) is 11.3. The molecule has 6 nitrogen and oxygen atoms in total. The van der Waals surface area contributed by atoms with Gasteiger partial charge in [0, 0.05) is 0 Å². The number of nitrogens with one attached hydrogen (secondary N) is 1. The van der Waals surface area contributed by atoms with E-state index in [9.17, 15) is 8.42 Å². The van der Waals surface area contributed by atoms with Gasteiger partial charge < -0.3 is 4.18 Å². The molecule has 0 bridgehead atoms. The van der Waals surface area contributed by atoms with Crippen molar-refractivity contribution in [1.82, 2.24) is 15.2 Å². The molecule has 0 radical (unpaired) electrons. The van der Waals surface area contributed by atoms with Gasteiger partial charge in [0.25, 0.3) is 0 Å². The van der Waals surface area contributed by atoms with Crippen LogP contribution >= 0.6 is 10.7 Å². The van der Waals surface area contributed by atoms with E-state index in [2.05, 4.69) is 30.0 Å². The van der Waals surface area contributed by atoms with E-state index < -0.39 is 9.33 Å². The van der Waals surface area contributed by atoms with Gasteiger partial charge >= 0.3 is 15.3 Å². The van der Waals surface area contributed by atoms with Crippen LogP contribution in [0.25, 0.3) is 0 Å². The van der Waals surface area contributed by atoms with Crippen molar-refractivity contribution in [1.29, 1.82) is 0 Å².